The largest absolute Gasteiger partial charge is 0.336 e. The summed E-state index contributed by atoms with van der Waals surface area (Å²) in [5.74, 6) is 0.675. The Morgan fingerprint density at radius 1 is 1.54 bits per heavy atom. The van der Waals surface area contributed by atoms with Gasteiger partial charge in [0.1, 0.15) is 4.60 Å². The number of rotatable bonds is 3. The molecule has 0 atom stereocenters. The van der Waals surface area contributed by atoms with E-state index in [1.165, 1.54) is 0 Å². The third kappa shape index (κ3) is 2.83. The van der Waals surface area contributed by atoms with Crippen LogP contribution in [0.3, 0.4) is 0 Å². The van der Waals surface area contributed by atoms with Gasteiger partial charge in [0, 0.05) is 12.7 Å². The summed E-state index contributed by atoms with van der Waals surface area (Å²) >= 11 is 3.34. The molecule has 0 aliphatic rings. The summed E-state index contributed by atoms with van der Waals surface area (Å²) in [6.07, 6.45) is 3.89. The SMILES string of the molecule is CC(C)C(C)(C)Cn1cnc(Br)c1. The third-order valence-electron chi connectivity index (χ3n) is 2.75. The topological polar surface area (TPSA) is 17.8 Å². The molecule has 13 heavy (non-hydrogen) atoms. The molecule has 74 valence electrons. The van der Waals surface area contributed by atoms with Crippen molar-refractivity contribution >= 4 is 15.9 Å². The number of nitrogens with zero attached hydrogens (tertiary/aromatic N) is 2. The lowest BCUT2D eigenvalue weighted by Crippen LogP contribution is -2.24. The van der Waals surface area contributed by atoms with Crippen molar-refractivity contribution in [2.24, 2.45) is 11.3 Å². The van der Waals surface area contributed by atoms with Gasteiger partial charge in [-0.1, -0.05) is 27.7 Å². The molecule has 0 amide bonds. The molecule has 0 fully saturated rings. The predicted octanol–water partition coefficient (Wildman–Crippen LogP) is 3.33. The van der Waals surface area contributed by atoms with E-state index in [0.29, 0.717) is 11.3 Å². The number of aromatic nitrogens is 2. The van der Waals surface area contributed by atoms with E-state index < -0.39 is 0 Å². The van der Waals surface area contributed by atoms with Crippen LogP contribution in [-0.4, -0.2) is 9.55 Å². The minimum absolute atomic E-state index is 0.320. The van der Waals surface area contributed by atoms with Crippen molar-refractivity contribution in [2.75, 3.05) is 0 Å². The Bertz CT molecular complexity index is 276. The average molecular weight is 245 g/mol. The molecule has 0 unspecified atom stereocenters. The van der Waals surface area contributed by atoms with Crippen molar-refractivity contribution in [2.45, 2.75) is 34.2 Å². The fourth-order valence-electron chi connectivity index (χ4n) is 1.07. The van der Waals surface area contributed by atoms with Crippen molar-refractivity contribution in [3.63, 3.8) is 0 Å². The Balaban J connectivity index is 2.68. The average Bonchev–Trinajstić information content (AvgIpc) is 2.34. The van der Waals surface area contributed by atoms with Crippen LogP contribution < -0.4 is 0 Å². The molecule has 2 nitrogen and oxygen atoms in total. The van der Waals surface area contributed by atoms with Crippen LogP contribution in [0.4, 0.5) is 0 Å². The highest BCUT2D eigenvalue weighted by Gasteiger charge is 2.22. The van der Waals surface area contributed by atoms with Gasteiger partial charge in [-0.15, -0.1) is 0 Å². The van der Waals surface area contributed by atoms with Crippen molar-refractivity contribution in [3.05, 3.63) is 17.1 Å². The summed E-state index contributed by atoms with van der Waals surface area (Å²) in [6.45, 7) is 10.1. The zero-order valence-electron chi connectivity index (χ0n) is 8.71. The molecule has 0 radical (unpaired) electrons. The Hall–Kier alpha value is -0.310. The van der Waals surface area contributed by atoms with Gasteiger partial charge in [-0.3, -0.25) is 0 Å². The smallest absolute Gasteiger partial charge is 0.124 e. The van der Waals surface area contributed by atoms with Gasteiger partial charge in [0.25, 0.3) is 0 Å². The van der Waals surface area contributed by atoms with Crippen LogP contribution in [-0.2, 0) is 6.54 Å². The first kappa shape index (κ1) is 10.8. The van der Waals surface area contributed by atoms with Gasteiger partial charge in [0.05, 0.1) is 6.33 Å². The molecule has 0 bridgehead atoms. The van der Waals surface area contributed by atoms with E-state index in [9.17, 15) is 0 Å². The van der Waals surface area contributed by atoms with Crippen LogP contribution in [0.15, 0.2) is 17.1 Å². The molecular formula is C10H17BrN2. The first-order chi connectivity index (χ1) is 5.92. The molecule has 0 aromatic carbocycles. The van der Waals surface area contributed by atoms with Crippen LogP contribution in [0.25, 0.3) is 0 Å². The molecule has 1 heterocycles. The Kier molecular flexibility index (Phi) is 3.17. The maximum absolute atomic E-state index is 4.14. The maximum atomic E-state index is 4.14. The number of halogens is 1. The van der Waals surface area contributed by atoms with Gasteiger partial charge in [0.15, 0.2) is 0 Å². The molecule has 1 aromatic rings. The molecular weight excluding hydrogens is 228 g/mol. The van der Waals surface area contributed by atoms with Gasteiger partial charge in [-0.2, -0.15) is 0 Å². The zero-order valence-corrected chi connectivity index (χ0v) is 10.3. The fraction of sp³-hybridized carbons (Fsp3) is 0.700. The lowest BCUT2D eigenvalue weighted by Gasteiger charge is -2.29. The lowest BCUT2D eigenvalue weighted by molar-refractivity contribution is 0.210. The van der Waals surface area contributed by atoms with E-state index in [1.807, 2.05) is 12.5 Å². The lowest BCUT2D eigenvalue weighted by atomic mass is 9.81. The Morgan fingerprint density at radius 3 is 2.54 bits per heavy atom. The van der Waals surface area contributed by atoms with Gasteiger partial charge in [0.2, 0.25) is 0 Å². The highest BCUT2D eigenvalue weighted by Crippen LogP contribution is 2.28. The fourth-order valence-corrected chi connectivity index (χ4v) is 1.43. The molecule has 0 saturated heterocycles. The minimum atomic E-state index is 0.320. The van der Waals surface area contributed by atoms with Crippen molar-refractivity contribution < 1.29 is 0 Å². The quantitative estimate of drug-likeness (QED) is 0.798. The molecule has 0 aliphatic carbocycles. The molecule has 1 aromatic heterocycles. The zero-order chi connectivity index (χ0) is 10.1. The standard InChI is InChI=1S/C10H17BrN2/c1-8(2)10(3,4)6-13-5-9(11)12-7-13/h5,7-8H,6H2,1-4H3. The molecule has 3 heteroatoms. The van der Waals surface area contributed by atoms with E-state index in [2.05, 4.69) is 53.2 Å². The minimum Gasteiger partial charge on any atom is -0.336 e. The third-order valence-corrected chi connectivity index (χ3v) is 3.16. The summed E-state index contributed by atoms with van der Waals surface area (Å²) in [6, 6.07) is 0. The number of imidazole rings is 1. The second-order valence-electron chi connectivity index (χ2n) is 4.51. The highest BCUT2D eigenvalue weighted by atomic mass is 79.9. The van der Waals surface area contributed by atoms with E-state index in [1.54, 1.807) is 0 Å². The maximum Gasteiger partial charge on any atom is 0.124 e. The number of hydrogen-bond acceptors (Lipinski definition) is 1. The van der Waals surface area contributed by atoms with E-state index in [-0.39, 0.29) is 0 Å². The van der Waals surface area contributed by atoms with Gasteiger partial charge in [-0.25, -0.2) is 4.98 Å². The second kappa shape index (κ2) is 3.82. The van der Waals surface area contributed by atoms with Gasteiger partial charge in [-0.05, 0) is 27.3 Å². The Labute approximate surface area is 88.5 Å². The van der Waals surface area contributed by atoms with E-state index in [4.69, 9.17) is 0 Å². The molecule has 1 rings (SSSR count). The van der Waals surface area contributed by atoms with Crippen LogP contribution in [0.1, 0.15) is 27.7 Å². The summed E-state index contributed by atoms with van der Waals surface area (Å²) in [7, 11) is 0. The van der Waals surface area contributed by atoms with Crippen LogP contribution in [0, 0.1) is 11.3 Å². The predicted molar refractivity (Wildman–Crippen MR) is 58.5 cm³/mol. The van der Waals surface area contributed by atoms with Crippen molar-refractivity contribution in [3.8, 4) is 0 Å². The van der Waals surface area contributed by atoms with E-state index in [0.717, 1.165) is 11.1 Å². The summed E-state index contributed by atoms with van der Waals surface area (Å²) in [5.41, 5.74) is 0.320. The van der Waals surface area contributed by atoms with Crippen LogP contribution >= 0.6 is 15.9 Å². The van der Waals surface area contributed by atoms with Crippen molar-refractivity contribution in [1.29, 1.82) is 0 Å². The first-order valence-corrected chi connectivity index (χ1v) is 5.38. The first-order valence-electron chi connectivity index (χ1n) is 4.59. The van der Waals surface area contributed by atoms with Gasteiger partial charge < -0.3 is 4.57 Å². The summed E-state index contributed by atoms with van der Waals surface area (Å²) in [5, 5.41) is 0. The normalized spacial score (nSPS) is 12.5. The van der Waals surface area contributed by atoms with Crippen LogP contribution in [0.2, 0.25) is 0 Å². The molecule has 0 aliphatic heterocycles. The Morgan fingerprint density at radius 2 is 2.15 bits per heavy atom. The second-order valence-corrected chi connectivity index (χ2v) is 5.32. The highest BCUT2D eigenvalue weighted by molar-refractivity contribution is 9.10. The molecule has 0 spiro atoms. The van der Waals surface area contributed by atoms with E-state index >= 15 is 0 Å². The monoisotopic (exact) mass is 244 g/mol. The summed E-state index contributed by atoms with van der Waals surface area (Å²) < 4.78 is 3.04. The molecule has 0 N–H and O–H groups in total. The molecule has 0 saturated carbocycles. The van der Waals surface area contributed by atoms with Gasteiger partial charge >= 0.3 is 0 Å². The number of hydrogen-bond donors (Lipinski definition) is 0. The summed E-state index contributed by atoms with van der Waals surface area (Å²) in [4.78, 5) is 4.14. The van der Waals surface area contributed by atoms with Crippen LogP contribution in [0.5, 0.6) is 0 Å². The van der Waals surface area contributed by atoms with Crippen molar-refractivity contribution in [1.82, 2.24) is 9.55 Å².